The Morgan fingerprint density at radius 3 is 3.21 bits per heavy atom. The third kappa shape index (κ3) is 2.64. The van der Waals surface area contributed by atoms with E-state index in [1.54, 1.807) is 0 Å². The Hall–Kier alpha value is -0.650. The Bertz CT molecular complexity index is 434. The largest absolute Gasteiger partial charge is 0.374 e. The molecule has 1 aliphatic heterocycles. The van der Waals surface area contributed by atoms with Gasteiger partial charge in [-0.25, -0.2) is 4.98 Å². The van der Waals surface area contributed by atoms with Gasteiger partial charge in [-0.2, -0.15) is 0 Å². The van der Waals surface area contributed by atoms with Gasteiger partial charge in [-0.1, -0.05) is 6.92 Å². The van der Waals surface area contributed by atoms with Gasteiger partial charge in [0.05, 0.1) is 24.4 Å². The summed E-state index contributed by atoms with van der Waals surface area (Å²) in [6.07, 6.45) is 4.21. The second-order valence-electron chi connectivity index (χ2n) is 5.39. The molecular formula is C14H23N3OS. The van der Waals surface area contributed by atoms with Crippen LogP contribution in [0.3, 0.4) is 0 Å². The van der Waals surface area contributed by atoms with E-state index < -0.39 is 0 Å². The average Bonchev–Trinajstić information content (AvgIpc) is 3.02. The lowest BCUT2D eigenvalue weighted by molar-refractivity contribution is 0.0256. The molecule has 0 bridgehead atoms. The number of anilines is 1. The summed E-state index contributed by atoms with van der Waals surface area (Å²) in [5, 5.41) is 4.59. The number of thiazole rings is 1. The topological polar surface area (TPSA) is 37.4 Å². The van der Waals surface area contributed by atoms with Gasteiger partial charge < -0.3 is 15.0 Å². The number of aromatic nitrogens is 1. The number of rotatable bonds is 4. The maximum absolute atomic E-state index is 5.88. The van der Waals surface area contributed by atoms with Crippen molar-refractivity contribution in [2.24, 2.45) is 0 Å². The highest BCUT2D eigenvalue weighted by atomic mass is 32.1. The number of ether oxygens (including phenoxy) is 1. The van der Waals surface area contributed by atoms with Crippen molar-refractivity contribution in [1.29, 1.82) is 0 Å². The summed E-state index contributed by atoms with van der Waals surface area (Å²) >= 11 is 1.85. The molecular weight excluding hydrogens is 258 g/mol. The van der Waals surface area contributed by atoms with Crippen molar-refractivity contribution in [2.45, 2.75) is 51.8 Å². The van der Waals surface area contributed by atoms with E-state index in [4.69, 9.17) is 9.72 Å². The van der Waals surface area contributed by atoms with Gasteiger partial charge in [-0.15, -0.1) is 11.3 Å². The molecule has 0 amide bonds. The molecule has 1 N–H and O–H groups in total. The summed E-state index contributed by atoms with van der Waals surface area (Å²) in [4.78, 5) is 8.66. The van der Waals surface area contributed by atoms with Crippen LogP contribution in [0.4, 0.5) is 5.13 Å². The molecule has 106 valence electrons. The predicted octanol–water partition coefficient (Wildman–Crippen LogP) is 2.32. The van der Waals surface area contributed by atoms with Crippen LogP contribution in [0.25, 0.3) is 0 Å². The minimum atomic E-state index is 0.440. The van der Waals surface area contributed by atoms with Gasteiger partial charge in [0, 0.05) is 18.0 Å². The molecule has 3 rings (SSSR count). The van der Waals surface area contributed by atoms with Gasteiger partial charge in [-0.05, 0) is 32.7 Å². The second-order valence-corrected chi connectivity index (χ2v) is 6.45. The highest BCUT2D eigenvalue weighted by Crippen LogP contribution is 2.35. The molecule has 2 unspecified atom stereocenters. The van der Waals surface area contributed by atoms with E-state index in [2.05, 4.69) is 24.1 Å². The average molecular weight is 281 g/mol. The van der Waals surface area contributed by atoms with Crippen LogP contribution < -0.4 is 10.2 Å². The van der Waals surface area contributed by atoms with Gasteiger partial charge in [0.15, 0.2) is 5.13 Å². The minimum Gasteiger partial charge on any atom is -0.374 e. The Morgan fingerprint density at radius 2 is 2.37 bits per heavy atom. The number of morpholine rings is 1. The summed E-state index contributed by atoms with van der Waals surface area (Å²) < 4.78 is 5.88. The van der Waals surface area contributed by atoms with E-state index in [-0.39, 0.29) is 0 Å². The first-order chi connectivity index (χ1) is 9.29. The first-order valence-corrected chi connectivity index (χ1v) is 8.16. The summed E-state index contributed by atoms with van der Waals surface area (Å²) in [5.41, 5.74) is 1.18. The fraction of sp³-hybridized carbons (Fsp3) is 0.786. The zero-order valence-corrected chi connectivity index (χ0v) is 12.6. The number of nitrogens with zero attached hydrogens (tertiary/aromatic N) is 2. The number of hydrogen-bond donors (Lipinski definition) is 1. The highest BCUT2D eigenvalue weighted by Gasteiger charge is 2.37. The standard InChI is InChI=1S/C14H23N3OS/c1-3-15-9-13-10(2)16-14(19-13)17-7-8-18-12-6-4-5-11(12)17/h11-12,15H,3-9H2,1-2H3. The zero-order chi connectivity index (χ0) is 13.2. The van der Waals surface area contributed by atoms with Crippen molar-refractivity contribution in [3.8, 4) is 0 Å². The van der Waals surface area contributed by atoms with E-state index in [1.807, 2.05) is 11.3 Å². The monoisotopic (exact) mass is 281 g/mol. The lowest BCUT2D eigenvalue weighted by Gasteiger charge is -2.37. The number of nitrogens with one attached hydrogen (secondary N) is 1. The fourth-order valence-corrected chi connectivity index (χ4v) is 4.22. The van der Waals surface area contributed by atoms with Crippen molar-refractivity contribution in [2.75, 3.05) is 24.6 Å². The van der Waals surface area contributed by atoms with E-state index in [1.165, 1.54) is 35.0 Å². The van der Waals surface area contributed by atoms with Gasteiger partial charge in [0.2, 0.25) is 0 Å². The van der Waals surface area contributed by atoms with Gasteiger partial charge >= 0.3 is 0 Å². The third-order valence-corrected chi connectivity index (χ3v) is 5.34. The molecule has 2 heterocycles. The third-order valence-electron chi connectivity index (χ3n) is 4.14. The van der Waals surface area contributed by atoms with Crippen LogP contribution in [0.5, 0.6) is 0 Å². The van der Waals surface area contributed by atoms with Gasteiger partial charge in [-0.3, -0.25) is 0 Å². The maximum atomic E-state index is 5.88. The molecule has 2 atom stereocenters. The lowest BCUT2D eigenvalue weighted by Crippen LogP contribution is -2.48. The summed E-state index contributed by atoms with van der Waals surface area (Å²) in [6, 6.07) is 0.561. The summed E-state index contributed by atoms with van der Waals surface area (Å²) in [7, 11) is 0. The quantitative estimate of drug-likeness (QED) is 0.919. The fourth-order valence-electron chi connectivity index (χ4n) is 3.10. The minimum absolute atomic E-state index is 0.440. The van der Waals surface area contributed by atoms with E-state index >= 15 is 0 Å². The van der Waals surface area contributed by atoms with Gasteiger partial charge in [0.25, 0.3) is 0 Å². The first-order valence-electron chi connectivity index (χ1n) is 7.35. The Morgan fingerprint density at radius 1 is 1.47 bits per heavy atom. The summed E-state index contributed by atoms with van der Waals surface area (Å²) in [5.74, 6) is 0. The molecule has 5 heteroatoms. The van der Waals surface area contributed by atoms with Crippen molar-refractivity contribution in [3.63, 3.8) is 0 Å². The van der Waals surface area contributed by atoms with Crippen LogP contribution in [0.15, 0.2) is 0 Å². The van der Waals surface area contributed by atoms with Crippen molar-refractivity contribution >= 4 is 16.5 Å². The number of fused-ring (bicyclic) bond motifs is 1. The number of aryl methyl sites for hydroxylation is 1. The molecule has 1 aliphatic carbocycles. The molecule has 0 aromatic carbocycles. The normalized spacial score (nSPS) is 26.7. The predicted molar refractivity (Wildman–Crippen MR) is 79.0 cm³/mol. The molecule has 0 spiro atoms. The second kappa shape index (κ2) is 5.77. The van der Waals surface area contributed by atoms with Crippen LogP contribution >= 0.6 is 11.3 Å². The molecule has 0 radical (unpaired) electrons. The Balaban J connectivity index is 1.77. The Labute approximate surface area is 119 Å². The van der Waals surface area contributed by atoms with Crippen LogP contribution in [-0.4, -0.2) is 36.8 Å². The smallest absolute Gasteiger partial charge is 0.186 e. The molecule has 1 aromatic rings. The lowest BCUT2D eigenvalue weighted by atomic mass is 10.1. The molecule has 2 aliphatic rings. The molecule has 1 saturated heterocycles. The van der Waals surface area contributed by atoms with Crippen molar-refractivity contribution in [1.82, 2.24) is 10.3 Å². The summed E-state index contributed by atoms with van der Waals surface area (Å²) in [6.45, 7) is 8.06. The van der Waals surface area contributed by atoms with Crippen molar-refractivity contribution < 1.29 is 4.74 Å². The van der Waals surface area contributed by atoms with Crippen molar-refractivity contribution in [3.05, 3.63) is 10.6 Å². The van der Waals surface area contributed by atoms with E-state index in [9.17, 15) is 0 Å². The number of hydrogen-bond acceptors (Lipinski definition) is 5. The maximum Gasteiger partial charge on any atom is 0.186 e. The Kier molecular flexibility index (Phi) is 4.05. The molecule has 19 heavy (non-hydrogen) atoms. The SMILES string of the molecule is CCNCc1sc(N2CCOC3CCCC32)nc1C. The van der Waals surface area contributed by atoms with Crippen LogP contribution in [0, 0.1) is 6.92 Å². The van der Waals surface area contributed by atoms with E-state index in [0.717, 1.165) is 26.2 Å². The van der Waals surface area contributed by atoms with Gasteiger partial charge in [0.1, 0.15) is 0 Å². The highest BCUT2D eigenvalue weighted by molar-refractivity contribution is 7.15. The van der Waals surface area contributed by atoms with E-state index in [0.29, 0.717) is 12.1 Å². The van der Waals surface area contributed by atoms with Crippen LogP contribution in [0.1, 0.15) is 36.8 Å². The molecule has 1 aromatic heterocycles. The first kappa shape index (κ1) is 13.3. The molecule has 4 nitrogen and oxygen atoms in total. The zero-order valence-electron chi connectivity index (χ0n) is 11.8. The van der Waals surface area contributed by atoms with Crippen LogP contribution in [0.2, 0.25) is 0 Å². The molecule has 1 saturated carbocycles. The molecule has 2 fully saturated rings. The van der Waals surface area contributed by atoms with Crippen LogP contribution in [-0.2, 0) is 11.3 Å².